The van der Waals surface area contributed by atoms with Crippen LogP contribution >= 0.6 is 15.9 Å². The van der Waals surface area contributed by atoms with Crippen LogP contribution in [0.5, 0.6) is 0 Å². The zero-order valence-corrected chi connectivity index (χ0v) is 15.1. The van der Waals surface area contributed by atoms with E-state index in [1.165, 1.54) is 4.52 Å². The van der Waals surface area contributed by atoms with Gasteiger partial charge < -0.3 is 15.5 Å². The average Bonchev–Trinajstić information content (AvgIpc) is 3.27. The van der Waals surface area contributed by atoms with Gasteiger partial charge in [0.25, 0.3) is 5.91 Å². The molecule has 0 spiro atoms. The lowest BCUT2D eigenvalue weighted by Crippen LogP contribution is -2.23. The molecule has 0 unspecified atom stereocenters. The van der Waals surface area contributed by atoms with Crippen molar-refractivity contribution in [1.82, 2.24) is 19.9 Å². The quantitative estimate of drug-likeness (QED) is 0.536. The van der Waals surface area contributed by atoms with Crippen LogP contribution in [0, 0.1) is 0 Å². The number of aromatic nitrogens is 3. The van der Waals surface area contributed by atoms with E-state index in [1.54, 1.807) is 24.5 Å². The van der Waals surface area contributed by atoms with Crippen LogP contribution in [0.3, 0.4) is 0 Å². The molecule has 0 saturated carbocycles. The number of nitrogen functional groups attached to an aromatic ring is 1. The highest BCUT2D eigenvalue weighted by atomic mass is 79.9. The summed E-state index contributed by atoms with van der Waals surface area (Å²) in [7, 11) is 0. The Hall–Kier alpha value is -3.13. The number of carbonyl (C=O) groups is 1. The monoisotopic (exact) mass is 411 g/mol. The summed E-state index contributed by atoms with van der Waals surface area (Å²) in [6.07, 6.45) is 1.55. The molecule has 0 saturated heterocycles. The predicted molar refractivity (Wildman–Crippen MR) is 100 cm³/mol. The molecule has 4 rings (SSSR count). The van der Waals surface area contributed by atoms with Crippen LogP contribution in [0.15, 0.2) is 63.7 Å². The molecule has 8 heteroatoms. The number of benzene rings is 1. The summed E-state index contributed by atoms with van der Waals surface area (Å²) in [5.41, 5.74) is 7.95. The van der Waals surface area contributed by atoms with Crippen molar-refractivity contribution in [1.29, 1.82) is 0 Å². The lowest BCUT2D eigenvalue weighted by atomic mass is 10.2. The number of nitrogens with two attached hydrogens (primary N) is 1. The Kier molecular flexibility index (Phi) is 4.18. The smallest absolute Gasteiger partial charge is 0.251 e. The van der Waals surface area contributed by atoms with Gasteiger partial charge in [-0.2, -0.15) is 4.52 Å². The molecule has 26 heavy (non-hydrogen) atoms. The minimum absolute atomic E-state index is 0.228. The summed E-state index contributed by atoms with van der Waals surface area (Å²) in [6.45, 7) is 0.434. The minimum atomic E-state index is -0.228. The highest BCUT2D eigenvalue weighted by Gasteiger charge is 2.15. The third-order valence-corrected chi connectivity index (χ3v) is 4.23. The molecule has 3 aromatic heterocycles. The van der Waals surface area contributed by atoms with Crippen LogP contribution in [0.25, 0.3) is 17.2 Å². The number of rotatable bonds is 4. The molecular weight excluding hydrogens is 398 g/mol. The molecular formula is C18H14BrN5O2. The first-order valence-corrected chi connectivity index (χ1v) is 8.62. The van der Waals surface area contributed by atoms with Crippen molar-refractivity contribution in [3.05, 3.63) is 70.4 Å². The van der Waals surface area contributed by atoms with Crippen molar-refractivity contribution in [3.8, 4) is 11.6 Å². The molecule has 7 nitrogen and oxygen atoms in total. The van der Waals surface area contributed by atoms with Gasteiger partial charge in [-0.25, -0.2) is 4.98 Å². The highest BCUT2D eigenvalue weighted by molar-refractivity contribution is 9.10. The molecule has 130 valence electrons. The van der Waals surface area contributed by atoms with Gasteiger partial charge >= 0.3 is 0 Å². The summed E-state index contributed by atoms with van der Waals surface area (Å²) in [5.74, 6) is 0.990. The van der Waals surface area contributed by atoms with Gasteiger partial charge in [0.15, 0.2) is 11.4 Å². The maximum atomic E-state index is 12.4. The van der Waals surface area contributed by atoms with Gasteiger partial charge in [-0.1, -0.05) is 30.3 Å². The number of anilines is 1. The van der Waals surface area contributed by atoms with Crippen molar-refractivity contribution in [2.75, 3.05) is 5.73 Å². The molecule has 0 atom stereocenters. The Morgan fingerprint density at radius 3 is 2.77 bits per heavy atom. The fourth-order valence-electron chi connectivity index (χ4n) is 2.55. The van der Waals surface area contributed by atoms with E-state index in [0.717, 1.165) is 10.0 Å². The van der Waals surface area contributed by atoms with Crippen molar-refractivity contribution < 1.29 is 9.21 Å². The maximum absolute atomic E-state index is 12.4. The number of furan rings is 1. The summed E-state index contributed by atoms with van der Waals surface area (Å²) < 4.78 is 7.64. The molecule has 0 aliphatic rings. The fourth-order valence-corrected chi connectivity index (χ4v) is 2.86. The molecule has 0 radical (unpaired) electrons. The van der Waals surface area contributed by atoms with Gasteiger partial charge in [0.1, 0.15) is 12.1 Å². The van der Waals surface area contributed by atoms with E-state index in [2.05, 4.69) is 31.3 Å². The maximum Gasteiger partial charge on any atom is 0.251 e. The van der Waals surface area contributed by atoms with Gasteiger partial charge in [-0.05, 0) is 33.6 Å². The van der Waals surface area contributed by atoms with Crippen LogP contribution < -0.4 is 11.1 Å². The second-order valence-corrected chi connectivity index (χ2v) is 6.59. The van der Waals surface area contributed by atoms with Gasteiger partial charge in [0.05, 0.1) is 4.47 Å². The van der Waals surface area contributed by atoms with Crippen molar-refractivity contribution in [2.24, 2.45) is 0 Å². The van der Waals surface area contributed by atoms with Gasteiger partial charge in [0, 0.05) is 18.2 Å². The number of halogens is 1. The van der Waals surface area contributed by atoms with E-state index in [-0.39, 0.29) is 5.91 Å². The Morgan fingerprint density at radius 2 is 2.04 bits per heavy atom. The number of hydrogen-bond acceptors (Lipinski definition) is 5. The lowest BCUT2D eigenvalue weighted by Gasteiger charge is -2.06. The average molecular weight is 412 g/mol. The molecule has 0 fully saturated rings. The summed E-state index contributed by atoms with van der Waals surface area (Å²) in [4.78, 5) is 16.8. The summed E-state index contributed by atoms with van der Waals surface area (Å²) in [6, 6.07) is 14.7. The van der Waals surface area contributed by atoms with E-state index >= 15 is 0 Å². The largest absolute Gasteiger partial charge is 0.460 e. The Labute approximate surface area is 157 Å². The molecule has 4 aromatic rings. The third-order valence-electron chi connectivity index (χ3n) is 3.81. The number of carbonyl (C=O) groups excluding carboxylic acids is 1. The number of nitrogens with one attached hydrogen (secondary N) is 1. The van der Waals surface area contributed by atoms with Crippen LogP contribution in [0.4, 0.5) is 5.82 Å². The highest BCUT2D eigenvalue weighted by Crippen LogP contribution is 2.24. The predicted octanol–water partition coefficient (Wildman–Crippen LogP) is 3.26. The lowest BCUT2D eigenvalue weighted by molar-refractivity contribution is 0.0951. The summed E-state index contributed by atoms with van der Waals surface area (Å²) in [5, 5.41) is 7.20. The zero-order chi connectivity index (χ0) is 18.1. The molecule has 3 N–H and O–H groups in total. The van der Waals surface area contributed by atoms with E-state index in [9.17, 15) is 4.79 Å². The van der Waals surface area contributed by atoms with Crippen LogP contribution in [0.2, 0.25) is 0 Å². The number of amides is 1. The minimum Gasteiger partial charge on any atom is -0.460 e. The first-order chi connectivity index (χ1) is 12.6. The third kappa shape index (κ3) is 3.18. The van der Waals surface area contributed by atoms with Crippen LogP contribution in [-0.2, 0) is 6.54 Å². The second-order valence-electron chi connectivity index (χ2n) is 5.67. The Bertz CT molecular complexity index is 1090. The first-order valence-electron chi connectivity index (χ1n) is 7.83. The first kappa shape index (κ1) is 16.3. The zero-order valence-electron chi connectivity index (χ0n) is 13.5. The Morgan fingerprint density at radius 1 is 1.23 bits per heavy atom. The number of nitrogens with zero attached hydrogens (tertiary/aromatic N) is 3. The normalized spacial score (nSPS) is 11.0. The van der Waals surface area contributed by atoms with E-state index in [4.69, 9.17) is 10.2 Å². The standard InChI is InChI=1S/C18H14BrN5O2/c19-13-8-14(26-10-13)17-22-16-7-12(6-15(20)24(16)23-17)18(25)21-9-11-4-2-1-3-5-11/h1-8,10H,9,20H2,(H,21,25). The van der Waals surface area contributed by atoms with Crippen LogP contribution in [0.1, 0.15) is 15.9 Å². The molecule has 0 aliphatic carbocycles. The van der Waals surface area contributed by atoms with E-state index < -0.39 is 0 Å². The van der Waals surface area contributed by atoms with E-state index in [1.807, 2.05) is 30.3 Å². The molecule has 3 heterocycles. The topological polar surface area (TPSA) is 98.5 Å². The number of hydrogen-bond donors (Lipinski definition) is 2. The van der Waals surface area contributed by atoms with Gasteiger partial charge in [0.2, 0.25) is 5.82 Å². The number of pyridine rings is 1. The van der Waals surface area contributed by atoms with Crippen molar-refractivity contribution in [3.63, 3.8) is 0 Å². The molecule has 0 bridgehead atoms. The molecule has 0 aliphatic heterocycles. The van der Waals surface area contributed by atoms with Crippen molar-refractivity contribution in [2.45, 2.75) is 6.54 Å². The summed E-state index contributed by atoms with van der Waals surface area (Å²) >= 11 is 3.32. The fraction of sp³-hybridized carbons (Fsp3) is 0.0556. The van der Waals surface area contributed by atoms with Gasteiger partial charge in [-0.3, -0.25) is 4.79 Å². The van der Waals surface area contributed by atoms with E-state index in [0.29, 0.717) is 35.2 Å². The SMILES string of the molecule is Nc1cc(C(=O)NCc2ccccc2)cc2nc(-c3cc(Br)co3)nn12. The number of fused-ring (bicyclic) bond motifs is 1. The Balaban J connectivity index is 1.60. The van der Waals surface area contributed by atoms with Crippen molar-refractivity contribution >= 4 is 33.3 Å². The van der Waals surface area contributed by atoms with Crippen LogP contribution in [-0.4, -0.2) is 20.5 Å². The molecule has 1 amide bonds. The van der Waals surface area contributed by atoms with Gasteiger partial charge in [-0.15, -0.1) is 5.10 Å². The molecule has 1 aromatic carbocycles. The second kappa shape index (κ2) is 6.64.